The SMILES string of the molecule is C=C(C)OC(=O)c1ccc([O][Sb]([O]c2ccc(C(=O)OC(=C)C)cc2)[c]2cc[c]([Sb]([O]c3ccc(C(=O)OC(=C)C)cc3)[O]c3ccc(C(=O)OC(=C)C)cc3)cc2)cc1. The molecule has 0 bridgehead atoms. The molecule has 0 unspecified atom stereocenters. The first kappa shape index (κ1) is 44.9. The summed E-state index contributed by atoms with van der Waals surface area (Å²) in [4.78, 5) is 49.7. The standard InChI is InChI=1S/4C10H10O3.C6H4.2Sb/c4*1-7(2)13-10(12)8-3-5-9(11)6-4-8;1-2-4-6-5-3-1;;/h4*3-6,11H,1H2,2H3;1-2,5-6H;;/q;;;;;2*+2/p-4. The van der Waals surface area contributed by atoms with Crippen molar-refractivity contribution in [3.63, 3.8) is 0 Å². The minimum atomic E-state index is -3.42. The van der Waals surface area contributed by atoms with Gasteiger partial charge in [0.2, 0.25) is 0 Å². The average Bonchev–Trinajstić information content (AvgIpc) is 3.20. The van der Waals surface area contributed by atoms with Crippen molar-refractivity contribution in [2.45, 2.75) is 27.7 Å². The number of carbonyl (C=O) groups is 4. The fourth-order valence-corrected chi connectivity index (χ4v) is 12.0. The molecule has 0 heterocycles. The molecular weight excluding hydrogens is 988 g/mol. The van der Waals surface area contributed by atoms with Gasteiger partial charge < -0.3 is 0 Å². The molecule has 0 spiro atoms. The molecule has 5 aromatic rings. The maximum absolute atomic E-state index is 12.4. The van der Waals surface area contributed by atoms with E-state index in [1.54, 1.807) is 125 Å². The molecule has 0 saturated heterocycles. The molecule has 0 aromatic heterocycles. The first-order chi connectivity index (χ1) is 28.6. The van der Waals surface area contributed by atoms with E-state index < -0.39 is 66.0 Å². The third-order valence-corrected chi connectivity index (χ3v) is 15.9. The number of ether oxygens (including phenoxy) is 4. The van der Waals surface area contributed by atoms with Crippen LogP contribution in [0, 0.1) is 0 Å². The van der Waals surface area contributed by atoms with Gasteiger partial charge in [0.25, 0.3) is 0 Å². The molecule has 0 aliphatic rings. The van der Waals surface area contributed by atoms with E-state index in [9.17, 15) is 19.2 Å². The van der Waals surface area contributed by atoms with Gasteiger partial charge in [-0.05, 0) is 0 Å². The van der Waals surface area contributed by atoms with Crippen LogP contribution in [-0.2, 0) is 18.9 Å². The summed E-state index contributed by atoms with van der Waals surface area (Å²) in [6, 6.07) is 33.4. The van der Waals surface area contributed by atoms with Crippen molar-refractivity contribution in [3.05, 3.63) is 193 Å². The molecule has 0 N–H and O–H groups in total. The van der Waals surface area contributed by atoms with Crippen LogP contribution in [0.2, 0.25) is 0 Å². The van der Waals surface area contributed by atoms with E-state index in [2.05, 4.69) is 26.3 Å². The minimum absolute atomic E-state index is 0.269. The summed E-state index contributed by atoms with van der Waals surface area (Å²) in [5.74, 6) is 0.741. The van der Waals surface area contributed by atoms with Crippen molar-refractivity contribution in [3.8, 4) is 23.0 Å². The van der Waals surface area contributed by atoms with Crippen molar-refractivity contribution in [2.24, 2.45) is 0 Å². The molecule has 0 amide bonds. The fourth-order valence-electron chi connectivity index (χ4n) is 4.80. The van der Waals surface area contributed by atoms with Crippen LogP contribution < -0.4 is 19.1 Å². The van der Waals surface area contributed by atoms with Gasteiger partial charge in [0.1, 0.15) is 0 Å². The second-order valence-corrected chi connectivity index (χ2v) is 20.8. The van der Waals surface area contributed by atoms with Crippen LogP contribution in [0.5, 0.6) is 23.0 Å². The predicted molar refractivity (Wildman–Crippen MR) is 226 cm³/mol. The van der Waals surface area contributed by atoms with Gasteiger partial charge in [0.15, 0.2) is 0 Å². The molecule has 14 heteroatoms. The van der Waals surface area contributed by atoms with Gasteiger partial charge in [0, 0.05) is 0 Å². The average molecular weight is 1030 g/mol. The number of hydrogen-bond acceptors (Lipinski definition) is 12. The number of allylic oxidation sites excluding steroid dienone is 4. The molecule has 5 aromatic carbocycles. The summed E-state index contributed by atoms with van der Waals surface area (Å²) < 4.78 is 48.1. The zero-order valence-electron chi connectivity index (χ0n) is 33.2. The molecule has 0 aliphatic carbocycles. The Kier molecular flexibility index (Phi) is 15.8. The Balaban J connectivity index is 1.44. The van der Waals surface area contributed by atoms with Gasteiger partial charge in [-0.15, -0.1) is 0 Å². The summed E-state index contributed by atoms with van der Waals surface area (Å²) in [5, 5.41) is 0. The summed E-state index contributed by atoms with van der Waals surface area (Å²) in [7, 11) is 0. The van der Waals surface area contributed by atoms with Gasteiger partial charge in [-0.25, -0.2) is 0 Å². The summed E-state index contributed by atoms with van der Waals surface area (Å²) in [5.41, 5.74) is 1.27. The second kappa shape index (κ2) is 21.2. The number of hydrogen-bond donors (Lipinski definition) is 0. The van der Waals surface area contributed by atoms with E-state index in [0.29, 0.717) is 45.3 Å². The number of rotatable bonds is 18. The van der Waals surface area contributed by atoms with Crippen LogP contribution in [0.3, 0.4) is 0 Å². The van der Waals surface area contributed by atoms with Crippen molar-refractivity contribution >= 4 is 73.0 Å². The van der Waals surface area contributed by atoms with Crippen molar-refractivity contribution in [2.75, 3.05) is 0 Å². The molecular formula is C46H40O12Sb2. The van der Waals surface area contributed by atoms with Crippen LogP contribution in [0.1, 0.15) is 69.1 Å². The fraction of sp³-hybridized carbons (Fsp3) is 0.0870. The van der Waals surface area contributed by atoms with Gasteiger partial charge in [-0.3, -0.25) is 0 Å². The third-order valence-electron chi connectivity index (χ3n) is 7.45. The molecule has 60 heavy (non-hydrogen) atoms. The molecule has 12 nitrogen and oxygen atoms in total. The Morgan fingerprint density at radius 1 is 0.333 bits per heavy atom. The Hall–Kier alpha value is -6.22. The van der Waals surface area contributed by atoms with Crippen molar-refractivity contribution in [1.29, 1.82) is 0 Å². The van der Waals surface area contributed by atoms with E-state index in [-0.39, 0.29) is 23.0 Å². The van der Waals surface area contributed by atoms with Crippen LogP contribution in [-0.4, -0.2) is 66.0 Å². The second-order valence-electron chi connectivity index (χ2n) is 12.9. The molecule has 0 fully saturated rings. The van der Waals surface area contributed by atoms with Gasteiger partial charge in [-0.2, -0.15) is 0 Å². The molecule has 0 radical (unpaired) electrons. The normalized spacial score (nSPS) is 10.5. The number of esters is 4. The topological polar surface area (TPSA) is 142 Å². The van der Waals surface area contributed by atoms with Gasteiger partial charge >= 0.3 is 367 Å². The zero-order chi connectivity index (χ0) is 43.3. The summed E-state index contributed by atoms with van der Waals surface area (Å²) in [6.45, 7) is 20.8. The number of benzene rings is 5. The van der Waals surface area contributed by atoms with Gasteiger partial charge in [-0.1, -0.05) is 0 Å². The molecule has 306 valence electrons. The third kappa shape index (κ3) is 13.4. The van der Waals surface area contributed by atoms with E-state index >= 15 is 0 Å². The molecule has 0 atom stereocenters. The molecule has 0 aliphatic heterocycles. The van der Waals surface area contributed by atoms with E-state index in [0.717, 1.165) is 7.02 Å². The molecule has 0 saturated carbocycles. The monoisotopic (exact) mass is 1030 g/mol. The first-order valence-electron chi connectivity index (χ1n) is 18.0. The number of carbonyl (C=O) groups excluding carboxylic acids is 4. The van der Waals surface area contributed by atoms with Crippen LogP contribution >= 0.6 is 0 Å². The Morgan fingerprint density at radius 3 is 0.683 bits per heavy atom. The van der Waals surface area contributed by atoms with E-state index in [4.69, 9.17) is 31.0 Å². The first-order valence-corrected chi connectivity index (χ1v) is 24.7. The summed E-state index contributed by atoms with van der Waals surface area (Å²) >= 11 is -6.83. The van der Waals surface area contributed by atoms with Crippen LogP contribution in [0.15, 0.2) is 171 Å². The van der Waals surface area contributed by atoms with Gasteiger partial charge in [0.05, 0.1) is 0 Å². The van der Waals surface area contributed by atoms with Crippen molar-refractivity contribution < 1.29 is 50.2 Å². The Bertz CT molecular complexity index is 2070. The van der Waals surface area contributed by atoms with Crippen LogP contribution in [0.25, 0.3) is 0 Å². The van der Waals surface area contributed by atoms with Crippen LogP contribution in [0.4, 0.5) is 0 Å². The Morgan fingerprint density at radius 2 is 0.517 bits per heavy atom. The maximum atomic E-state index is 12.4. The molecule has 5 rings (SSSR count). The van der Waals surface area contributed by atoms with Crippen molar-refractivity contribution in [1.82, 2.24) is 0 Å². The van der Waals surface area contributed by atoms with E-state index in [1.165, 1.54) is 0 Å². The van der Waals surface area contributed by atoms with E-state index in [1.807, 2.05) is 24.3 Å². The Labute approximate surface area is 364 Å². The zero-order valence-corrected chi connectivity index (χ0v) is 38.3. The summed E-state index contributed by atoms with van der Waals surface area (Å²) in [6.07, 6.45) is 0. The quantitative estimate of drug-likeness (QED) is 0.0362. The predicted octanol–water partition coefficient (Wildman–Crippen LogP) is 8.15.